The molecule has 3 rings (SSSR count). The van der Waals surface area contributed by atoms with Crippen LogP contribution in [0.1, 0.15) is 36.8 Å². The summed E-state index contributed by atoms with van der Waals surface area (Å²) in [6.45, 7) is 5.12. The molecule has 0 aliphatic carbocycles. The number of likely N-dealkylation sites (tertiary alicyclic amines) is 1. The molecule has 1 aliphatic rings. The van der Waals surface area contributed by atoms with Crippen LogP contribution >= 0.6 is 0 Å². The summed E-state index contributed by atoms with van der Waals surface area (Å²) >= 11 is 0. The van der Waals surface area contributed by atoms with Gasteiger partial charge in [0.05, 0.1) is 12.5 Å². The lowest BCUT2D eigenvalue weighted by molar-refractivity contribution is -0.149. The Labute approximate surface area is 150 Å². The predicted molar refractivity (Wildman–Crippen MR) is 101 cm³/mol. The summed E-state index contributed by atoms with van der Waals surface area (Å²) in [5.41, 5.74) is 2.65. The Morgan fingerprint density at radius 1 is 1.08 bits per heavy atom. The quantitative estimate of drug-likeness (QED) is 0.744. The second-order valence-electron chi connectivity index (χ2n) is 6.72. The molecule has 1 aliphatic heterocycles. The number of nitrogens with zero attached hydrogens (tertiary/aromatic N) is 1. The average molecular weight is 337 g/mol. The van der Waals surface area contributed by atoms with E-state index in [4.69, 9.17) is 4.74 Å². The van der Waals surface area contributed by atoms with E-state index in [-0.39, 0.29) is 11.9 Å². The van der Waals surface area contributed by atoms with E-state index in [1.54, 1.807) is 0 Å². The largest absolute Gasteiger partial charge is 0.466 e. The molecule has 3 heteroatoms. The van der Waals surface area contributed by atoms with E-state index < -0.39 is 0 Å². The highest BCUT2D eigenvalue weighted by molar-refractivity contribution is 5.72. The second kappa shape index (κ2) is 8.82. The van der Waals surface area contributed by atoms with Crippen molar-refractivity contribution >= 4 is 5.97 Å². The van der Waals surface area contributed by atoms with E-state index in [1.165, 1.54) is 11.1 Å². The number of carbonyl (C=O) groups excluding carboxylic acids is 1. The molecule has 1 unspecified atom stereocenters. The van der Waals surface area contributed by atoms with Crippen LogP contribution in [0.5, 0.6) is 0 Å². The summed E-state index contributed by atoms with van der Waals surface area (Å²) in [5.74, 6) is 0.299. The maximum absolute atomic E-state index is 12.1. The molecule has 0 bridgehead atoms. The van der Waals surface area contributed by atoms with Crippen molar-refractivity contribution in [1.82, 2.24) is 4.90 Å². The maximum atomic E-state index is 12.1. The molecule has 0 aromatic heterocycles. The molecule has 2 aromatic carbocycles. The van der Waals surface area contributed by atoms with Crippen LogP contribution in [0.4, 0.5) is 0 Å². The van der Waals surface area contributed by atoms with Gasteiger partial charge in [0.2, 0.25) is 0 Å². The summed E-state index contributed by atoms with van der Waals surface area (Å²) in [4.78, 5) is 14.5. The van der Waals surface area contributed by atoms with Gasteiger partial charge in [0.1, 0.15) is 0 Å². The number of piperidine rings is 1. The normalized spacial score (nSPS) is 18.2. The van der Waals surface area contributed by atoms with Crippen LogP contribution in [-0.4, -0.2) is 37.1 Å². The average Bonchev–Trinajstić information content (AvgIpc) is 2.68. The van der Waals surface area contributed by atoms with E-state index in [0.717, 1.165) is 32.5 Å². The zero-order valence-corrected chi connectivity index (χ0v) is 14.9. The lowest BCUT2D eigenvalue weighted by Crippen LogP contribution is -2.41. The molecular weight excluding hydrogens is 310 g/mol. The van der Waals surface area contributed by atoms with Crippen LogP contribution in [0.2, 0.25) is 0 Å². The molecule has 1 fully saturated rings. The van der Waals surface area contributed by atoms with Gasteiger partial charge in [-0.2, -0.15) is 0 Å². The van der Waals surface area contributed by atoms with Crippen molar-refractivity contribution in [2.24, 2.45) is 5.92 Å². The third-order valence-electron chi connectivity index (χ3n) is 4.97. The predicted octanol–water partition coefficient (Wildman–Crippen LogP) is 4.09. The number of ether oxygens (including phenoxy) is 1. The molecule has 1 heterocycles. The van der Waals surface area contributed by atoms with Gasteiger partial charge in [0, 0.05) is 19.0 Å². The molecule has 0 spiro atoms. The first-order valence-corrected chi connectivity index (χ1v) is 9.26. The fraction of sp³-hybridized carbons (Fsp3) is 0.409. The van der Waals surface area contributed by atoms with Crippen molar-refractivity contribution in [1.29, 1.82) is 0 Å². The Kier molecular flexibility index (Phi) is 6.24. The molecule has 0 saturated carbocycles. The second-order valence-corrected chi connectivity index (χ2v) is 6.72. The lowest BCUT2D eigenvalue weighted by atomic mass is 9.89. The van der Waals surface area contributed by atoms with Crippen LogP contribution < -0.4 is 0 Å². The van der Waals surface area contributed by atoms with Gasteiger partial charge in [0.25, 0.3) is 0 Å². The number of hydrogen-bond acceptors (Lipinski definition) is 3. The molecular formula is C22H27NO2. The molecule has 0 radical (unpaired) electrons. The Bertz CT molecular complexity index is 617. The van der Waals surface area contributed by atoms with Gasteiger partial charge in [-0.15, -0.1) is 0 Å². The minimum absolute atomic E-state index is 0.0147. The van der Waals surface area contributed by atoms with E-state index in [1.807, 2.05) is 6.92 Å². The molecule has 2 aromatic rings. The Hall–Kier alpha value is -2.13. The fourth-order valence-corrected chi connectivity index (χ4v) is 3.71. The van der Waals surface area contributed by atoms with Crippen molar-refractivity contribution in [3.05, 3.63) is 71.8 Å². The SMILES string of the molecule is CCOC(=O)C1CCCN(CC(c2ccccc2)c2ccccc2)C1. The van der Waals surface area contributed by atoms with Gasteiger partial charge < -0.3 is 9.64 Å². The Morgan fingerprint density at radius 2 is 1.68 bits per heavy atom. The van der Waals surface area contributed by atoms with Crippen LogP contribution in [-0.2, 0) is 9.53 Å². The number of hydrogen-bond donors (Lipinski definition) is 0. The van der Waals surface area contributed by atoms with Gasteiger partial charge in [-0.3, -0.25) is 4.79 Å². The topological polar surface area (TPSA) is 29.5 Å². The molecule has 0 amide bonds. The van der Waals surface area contributed by atoms with Crippen LogP contribution in [0.15, 0.2) is 60.7 Å². The van der Waals surface area contributed by atoms with E-state index >= 15 is 0 Å². The minimum Gasteiger partial charge on any atom is -0.466 e. The summed E-state index contributed by atoms with van der Waals surface area (Å²) in [6.07, 6.45) is 2.00. The van der Waals surface area contributed by atoms with Gasteiger partial charge in [0.15, 0.2) is 0 Å². The van der Waals surface area contributed by atoms with Gasteiger partial charge in [-0.05, 0) is 37.4 Å². The molecule has 1 saturated heterocycles. The molecule has 25 heavy (non-hydrogen) atoms. The third-order valence-corrected chi connectivity index (χ3v) is 4.97. The lowest BCUT2D eigenvalue weighted by Gasteiger charge is -2.34. The molecule has 132 valence electrons. The first-order chi connectivity index (χ1) is 12.3. The standard InChI is InChI=1S/C22H27NO2/c1-2-25-22(24)20-14-9-15-23(16-20)17-21(18-10-5-3-6-11-18)19-12-7-4-8-13-19/h3-8,10-13,20-21H,2,9,14-17H2,1H3. The highest BCUT2D eigenvalue weighted by atomic mass is 16.5. The summed E-state index contributed by atoms with van der Waals surface area (Å²) in [6, 6.07) is 21.3. The van der Waals surface area contributed by atoms with Crippen LogP contribution in [0, 0.1) is 5.92 Å². The number of esters is 1. The monoisotopic (exact) mass is 337 g/mol. The summed E-state index contributed by atoms with van der Waals surface area (Å²) in [5, 5.41) is 0. The number of carbonyl (C=O) groups is 1. The molecule has 1 atom stereocenters. The van der Waals surface area contributed by atoms with Crippen molar-refractivity contribution in [3.63, 3.8) is 0 Å². The highest BCUT2D eigenvalue weighted by Gasteiger charge is 2.28. The first-order valence-electron chi connectivity index (χ1n) is 9.26. The van der Waals surface area contributed by atoms with Gasteiger partial charge in [-0.25, -0.2) is 0 Å². The fourth-order valence-electron chi connectivity index (χ4n) is 3.71. The van der Waals surface area contributed by atoms with Gasteiger partial charge in [-0.1, -0.05) is 60.7 Å². The number of rotatable bonds is 6. The smallest absolute Gasteiger partial charge is 0.310 e. The van der Waals surface area contributed by atoms with Gasteiger partial charge >= 0.3 is 5.97 Å². The van der Waals surface area contributed by atoms with Crippen molar-refractivity contribution in [3.8, 4) is 0 Å². The minimum atomic E-state index is -0.0387. The van der Waals surface area contributed by atoms with E-state index in [0.29, 0.717) is 12.5 Å². The third kappa shape index (κ3) is 4.70. The number of benzene rings is 2. The first kappa shape index (κ1) is 17.7. The Morgan fingerprint density at radius 3 is 2.24 bits per heavy atom. The Balaban J connectivity index is 1.75. The summed E-state index contributed by atoms with van der Waals surface area (Å²) < 4.78 is 5.24. The van der Waals surface area contributed by atoms with E-state index in [2.05, 4.69) is 65.6 Å². The zero-order valence-electron chi connectivity index (χ0n) is 14.9. The van der Waals surface area contributed by atoms with Crippen LogP contribution in [0.25, 0.3) is 0 Å². The maximum Gasteiger partial charge on any atom is 0.310 e. The van der Waals surface area contributed by atoms with E-state index in [9.17, 15) is 4.79 Å². The zero-order chi connectivity index (χ0) is 17.5. The molecule has 3 nitrogen and oxygen atoms in total. The van der Waals surface area contributed by atoms with Crippen LogP contribution in [0.3, 0.4) is 0 Å². The molecule has 0 N–H and O–H groups in total. The van der Waals surface area contributed by atoms with Crippen molar-refractivity contribution in [2.45, 2.75) is 25.7 Å². The highest BCUT2D eigenvalue weighted by Crippen LogP contribution is 2.28. The van der Waals surface area contributed by atoms with Crippen molar-refractivity contribution < 1.29 is 9.53 Å². The van der Waals surface area contributed by atoms with Crippen molar-refractivity contribution in [2.75, 3.05) is 26.2 Å². The summed E-state index contributed by atoms with van der Waals surface area (Å²) in [7, 11) is 0.